The number of benzene rings is 2. The molecule has 0 bridgehead atoms. The molecule has 0 fully saturated rings. The summed E-state index contributed by atoms with van der Waals surface area (Å²) in [6.07, 6.45) is 1.76. The fourth-order valence-corrected chi connectivity index (χ4v) is 3.88. The first-order valence-corrected chi connectivity index (χ1v) is 10.7. The molecular formula is C20H17Cl3N4OS. The summed E-state index contributed by atoms with van der Waals surface area (Å²) in [5.41, 5.74) is 2.51. The fourth-order valence-electron chi connectivity index (χ4n) is 2.54. The third kappa shape index (κ3) is 5.34. The summed E-state index contributed by atoms with van der Waals surface area (Å²) in [6, 6.07) is 11.0. The van der Waals surface area contributed by atoms with Gasteiger partial charge in [0.1, 0.15) is 0 Å². The van der Waals surface area contributed by atoms with E-state index in [0.29, 0.717) is 32.5 Å². The normalized spacial score (nSPS) is 10.8. The predicted octanol–water partition coefficient (Wildman–Crippen LogP) is 6.13. The van der Waals surface area contributed by atoms with Crippen LogP contribution < -0.4 is 5.32 Å². The Kier molecular flexibility index (Phi) is 7.24. The Morgan fingerprint density at radius 2 is 1.83 bits per heavy atom. The summed E-state index contributed by atoms with van der Waals surface area (Å²) in [5, 5.41) is 12.8. The Morgan fingerprint density at radius 1 is 1.14 bits per heavy atom. The van der Waals surface area contributed by atoms with Crippen molar-refractivity contribution in [2.24, 2.45) is 0 Å². The molecule has 0 aliphatic heterocycles. The number of rotatable bonds is 7. The Morgan fingerprint density at radius 3 is 2.52 bits per heavy atom. The molecule has 2 aromatic carbocycles. The molecule has 9 heteroatoms. The number of hydrogen-bond acceptors (Lipinski definition) is 4. The molecule has 1 heterocycles. The number of aromatic nitrogens is 3. The highest BCUT2D eigenvalue weighted by atomic mass is 35.5. The van der Waals surface area contributed by atoms with Gasteiger partial charge in [-0.15, -0.1) is 16.8 Å². The van der Waals surface area contributed by atoms with Crippen LogP contribution in [0.15, 0.2) is 54.2 Å². The van der Waals surface area contributed by atoms with Crippen molar-refractivity contribution in [2.75, 3.05) is 11.1 Å². The average molecular weight is 468 g/mol. The summed E-state index contributed by atoms with van der Waals surface area (Å²) in [7, 11) is 0. The first-order valence-electron chi connectivity index (χ1n) is 8.57. The van der Waals surface area contributed by atoms with Gasteiger partial charge in [-0.05, 0) is 19.1 Å². The maximum absolute atomic E-state index is 12.4. The van der Waals surface area contributed by atoms with E-state index in [-0.39, 0.29) is 11.7 Å². The van der Waals surface area contributed by atoms with Crippen LogP contribution in [-0.4, -0.2) is 26.4 Å². The molecule has 0 saturated carbocycles. The maximum Gasteiger partial charge on any atom is 0.234 e. The number of amides is 1. The van der Waals surface area contributed by atoms with Crippen molar-refractivity contribution in [2.45, 2.75) is 18.6 Å². The van der Waals surface area contributed by atoms with Gasteiger partial charge in [-0.3, -0.25) is 9.36 Å². The van der Waals surface area contributed by atoms with Crippen LogP contribution in [0.5, 0.6) is 0 Å². The molecule has 0 unspecified atom stereocenters. The van der Waals surface area contributed by atoms with Crippen LogP contribution in [-0.2, 0) is 11.3 Å². The van der Waals surface area contributed by atoms with Gasteiger partial charge in [0, 0.05) is 12.1 Å². The number of thioether (sulfide) groups is 1. The van der Waals surface area contributed by atoms with Crippen molar-refractivity contribution in [3.63, 3.8) is 0 Å². The Bertz CT molecular complexity index is 1050. The van der Waals surface area contributed by atoms with Crippen LogP contribution in [0.3, 0.4) is 0 Å². The SMILES string of the molecule is C=CCn1c(SCC(=O)Nc2cc(Cl)c(Cl)cc2Cl)nnc1-c1ccc(C)cc1. The van der Waals surface area contributed by atoms with Gasteiger partial charge in [-0.25, -0.2) is 0 Å². The minimum atomic E-state index is -0.250. The minimum absolute atomic E-state index is 0.125. The molecule has 29 heavy (non-hydrogen) atoms. The number of allylic oxidation sites excluding steroid dienone is 1. The molecule has 0 spiro atoms. The lowest BCUT2D eigenvalue weighted by Crippen LogP contribution is -2.15. The Balaban J connectivity index is 1.73. The summed E-state index contributed by atoms with van der Waals surface area (Å²) >= 11 is 19.3. The molecule has 3 rings (SSSR count). The summed E-state index contributed by atoms with van der Waals surface area (Å²) in [5.74, 6) is 0.598. The zero-order valence-corrected chi connectivity index (χ0v) is 18.5. The van der Waals surface area contributed by atoms with E-state index in [1.54, 1.807) is 6.08 Å². The first kappa shape index (κ1) is 21.7. The van der Waals surface area contributed by atoms with E-state index in [1.165, 1.54) is 23.9 Å². The quantitative estimate of drug-likeness (QED) is 0.258. The third-order valence-electron chi connectivity index (χ3n) is 3.95. The lowest BCUT2D eigenvalue weighted by atomic mass is 10.1. The number of anilines is 1. The second-order valence-electron chi connectivity index (χ2n) is 6.15. The van der Waals surface area contributed by atoms with Crippen molar-refractivity contribution in [1.29, 1.82) is 0 Å². The summed E-state index contributed by atoms with van der Waals surface area (Å²) in [4.78, 5) is 12.4. The van der Waals surface area contributed by atoms with Gasteiger partial charge in [0.15, 0.2) is 11.0 Å². The highest BCUT2D eigenvalue weighted by molar-refractivity contribution is 7.99. The number of hydrogen-bond donors (Lipinski definition) is 1. The molecule has 3 aromatic rings. The van der Waals surface area contributed by atoms with E-state index >= 15 is 0 Å². The summed E-state index contributed by atoms with van der Waals surface area (Å²) in [6.45, 7) is 6.35. The van der Waals surface area contributed by atoms with E-state index in [9.17, 15) is 4.79 Å². The Hall–Kier alpha value is -1.99. The number of nitrogens with zero attached hydrogens (tertiary/aromatic N) is 3. The number of halogens is 3. The highest BCUT2D eigenvalue weighted by Crippen LogP contribution is 2.32. The van der Waals surface area contributed by atoms with E-state index in [4.69, 9.17) is 34.8 Å². The molecule has 0 radical (unpaired) electrons. The van der Waals surface area contributed by atoms with Crippen LogP contribution in [0.1, 0.15) is 5.56 Å². The molecule has 5 nitrogen and oxygen atoms in total. The number of nitrogens with one attached hydrogen (secondary N) is 1. The predicted molar refractivity (Wildman–Crippen MR) is 121 cm³/mol. The van der Waals surface area contributed by atoms with E-state index in [0.717, 1.165) is 17.0 Å². The van der Waals surface area contributed by atoms with Gasteiger partial charge in [0.2, 0.25) is 5.91 Å². The monoisotopic (exact) mass is 466 g/mol. The van der Waals surface area contributed by atoms with Crippen molar-refractivity contribution in [3.8, 4) is 11.4 Å². The minimum Gasteiger partial charge on any atom is -0.324 e. The molecule has 0 aliphatic carbocycles. The van der Waals surface area contributed by atoms with E-state index in [1.807, 2.05) is 35.8 Å². The van der Waals surface area contributed by atoms with Crippen LogP contribution in [0.2, 0.25) is 15.1 Å². The molecular weight excluding hydrogens is 451 g/mol. The van der Waals surface area contributed by atoms with Crippen molar-refractivity contribution in [1.82, 2.24) is 14.8 Å². The van der Waals surface area contributed by atoms with Crippen LogP contribution in [0.25, 0.3) is 11.4 Å². The van der Waals surface area contributed by atoms with Crippen LogP contribution in [0, 0.1) is 6.92 Å². The molecule has 1 N–H and O–H groups in total. The number of aryl methyl sites for hydroxylation is 1. The van der Waals surface area contributed by atoms with Gasteiger partial charge < -0.3 is 5.32 Å². The van der Waals surface area contributed by atoms with Crippen molar-refractivity contribution < 1.29 is 4.79 Å². The largest absolute Gasteiger partial charge is 0.324 e. The lowest BCUT2D eigenvalue weighted by Gasteiger charge is -2.10. The second kappa shape index (κ2) is 9.67. The zero-order chi connectivity index (χ0) is 21.0. The van der Waals surface area contributed by atoms with Gasteiger partial charge in [-0.2, -0.15) is 0 Å². The lowest BCUT2D eigenvalue weighted by molar-refractivity contribution is -0.113. The van der Waals surface area contributed by atoms with Crippen molar-refractivity contribution >= 4 is 58.2 Å². The fraction of sp³-hybridized carbons (Fsp3) is 0.150. The topological polar surface area (TPSA) is 59.8 Å². The van der Waals surface area contributed by atoms with Crippen LogP contribution in [0.4, 0.5) is 5.69 Å². The molecule has 1 amide bonds. The van der Waals surface area contributed by atoms with E-state index < -0.39 is 0 Å². The van der Waals surface area contributed by atoms with Crippen molar-refractivity contribution in [3.05, 3.63) is 69.7 Å². The maximum atomic E-state index is 12.4. The van der Waals surface area contributed by atoms with Gasteiger partial charge in [0.05, 0.1) is 26.5 Å². The second-order valence-corrected chi connectivity index (χ2v) is 8.32. The van der Waals surface area contributed by atoms with Gasteiger partial charge >= 0.3 is 0 Å². The first-order chi connectivity index (χ1) is 13.9. The van der Waals surface area contributed by atoms with E-state index in [2.05, 4.69) is 22.1 Å². The summed E-state index contributed by atoms with van der Waals surface area (Å²) < 4.78 is 1.92. The molecule has 0 aliphatic rings. The van der Waals surface area contributed by atoms with Gasteiger partial charge in [-0.1, -0.05) is 82.5 Å². The average Bonchev–Trinajstić information content (AvgIpc) is 3.08. The smallest absolute Gasteiger partial charge is 0.234 e. The standard InChI is InChI=1S/C20H17Cl3N4OS/c1-3-8-27-19(13-6-4-12(2)5-7-13)25-26-20(27)29-11-18(28)24-17-10-15(22)14(21)9-16(17)23/h3-7,9-10H,1,8,11H2,2H3,(H,24,28). The van der Waals surface area contributed by atoms with Crippen LogP contribution >= 0.6 is 46.6 Å². The molecule has 0 saturated heterocycles. The third-order valence-corrected chi connectivity index (χ3v) is 5.96. The highest BCUT2D eigenvalue weighted by Gasteiger charge is 2.16. The molecule has 0 atom stereocenters. The molecule has 150 valence electrons. The van der Waals surface area contributed by atoms with Gasteiger partial charge in [0.25, 0.3) is 0 Å². The molecule has 1 aromatic heterocycles. The number of carbonyl (C=O) groups is 1. The Labute approximate surface area is 188 Å². The zero-order valence-electron chi connectivity index (χ0n) is 15.5. The number of carbonyl (C=O) groups excluding carboxylic acids is 1.